The summed E-state index contributed by atoms with van der Waals surface area (Å²) in [7, 11) is 0. The van der Waals surface area contributed by atoms with Crippen LogP contribution < -0.4 is 15.4 Å². The number of imide groups is 1. The van der Waals surface area contributed by atoms with E-state index >= 15 is 0 Å². The first kappa shape index (κ1) is 21.2. The minimum absolute atomic E-state index is 0.233. The highest BCUT2D eigenvalue weighted by Crippen LogP contribution is 2.13. The van der Waals surface area contributed by atoms with Crippen molar-refractivity contribution in [3.05, 3.63) is 29.8 Å². The van der Waals surface area contributed by atoms with Crippen LogP contribution in [0.2, 0.25) is 0 Å². The summed E-state index contributed by atoms with van der Waals surface area (Å²) in [6.45, 7) is 5.92. The van der Waals surface area contributed by atoms with Gasteiger partial charge in [0.1, 0.15) is 11.8 Å². The fourth-order valence-corrected chi connectivity index (χ4v) is 2.60. The van der Waals surface area contributed by atoms with Gasteiger partial charge in [-0.2, -0.15) is 0 Å². The molecule has 4 amide bonds. The molecule has 1 aliphatic rings. The van der Waals surface area contributed by atoms with E-state index in [1.54, 1.807) is 38.1 Å². The monoisotopic (exact) mass is 391 g/mol. The van der Waals surface area contributed by atoms with E-state index in [0.29, 0.717) is 24.5 Å². The summed E-state index contributed by atoms with van der Waals surface area (Å²) in [5, 5.41) is 5.12. The molecule has 0 aromatic heterocycles. The fraction of sp³-hybridized carbons (Fsp3) is 0.474. The Morgan fingerprint density at radius 3 is 2.43 bits per heavy atom. The molecule has 1 aromatic carbocycles. The Hall–Kier alpha value is -3.10. The molecule has 1 aromatic rings. The lowest BCUT2D eigenvalue weighted by atomic mass is 10.0. The Labute approximate surface area is 163 Å². The Morgan fingerprint density at radius 2 is 1.89 bits per heavy atom. The van der Waals surface area contributed by atoms with Crippen LogP contribution in [0.25, 0.3) is 0 Å². The summed E-state index contributed by atoms with van der Waals surface area (Å²) < 4.78 is 10.4. The van der Waals surface area contributed by atoms with Crippen LogP contribution in [-0.2, 0) is 14.3 Å². The molecule has 1 aliphatic heterocycles. The second-order valence-corrected chi connectivity index (χ2v) is 6.54. The lowest BCUT2D eigenvalue weighted by Crippen LogP contribution is -2.46. The zero-order valence-electron chi connectivity index (χ0n) is 16.2. The number of amides is 4. The number of hydrogen-bond acceptors (Lipinski definition) is 6. The Balaban J connectivity index is 1.93. The summed E-state index contributed by atoms with van der Waals surface area (Å²) in [6.07, 6.45) is 0. The zero-order valence-corrected chi connectivity index (χ0v) is 16.2. The van der Waals surface area contributed by atoms with Crippen molar-refractivity contribution < 1.29 is 28.7 Å². The molecule has 1 fully saturated rings. The van der Waals surface area contributed by atoms with Crippen LogP contribution in [0.1, 0.15) is 31.1 Å². The minimum atomic E-state index is -0.931. The molecule has 0 unspecified atom stereocenters. The first-order chi connectivity index (χ1) is 13.3. The second kappa shape index (κ2) is 9.72. The summed E-state index contributed by atoms with van der Waals surface area (Å²) >= 11 is 0. The van der Waals surface area contributed by atoms with Gasteiger partial charge in [0, 0.05) is 18.7 Å². The standard InChI is InChI=1S/C19H25N3O6/c1-4-27-14-7-5-13(6-8-14)17(24)21-16(12(2)3)18(25)28-11-15(23)22-10-9-20-19(22)26/h5-8,12,16H,4,9-11H2,1-3H3,(H,20,26)(H,21,24)/t16-/m0/s1. The van der Waals surface area contributed by atoms with Crippen molar-refractivity contribution in [2.45, 2.75) is 26.8 Å². The number of carbonyl (C=O) groups excluding carboxylic acids is 4. The van der Waals surface area contributed by atoms with E-state index in [1.165, 1.54) is 0 Å². The number of benzene rings is 1. The van der Waals surface area contributed by atoms with Crippen molar-refractivity contribution in [2.75, 3.05) is 26.3 Å². The Morgan fingerprint density at radius 1 is 1.21 bits per heavy atom. The van der Waals surface area contributed by atoms with Crippen LogP contribution in [-0.4, -0.2) is 61.1 Å². The second-order valence-electron chi connectivity index (χ2n) is 6.54. The summed E-state index contributed by atoms with van der Waals surface area (Å²) in [5.74, 6) is -1.40. The molecule has 0 radical (unpaired) electrons. The van der Waals surface area contributed by atoms with Crippen LogP contribution in [0.3, 0.4) is 0 Å². The molecule has 1 heterocycles. The summed E-state index contributed by atoms with van der Waals surface area (Å²) in [6, 6.07) is 5.09. The number of nitrogens with one attached hydrogen (secondary N) is 2. The summed E-state index contributed by atoms with van der Waals surface area (Å²) in [4.78, 5) is 49.2. The van der Waals surface area contributed by atoms with Crippen molar-refractivity contribution >= 4 is 23.8 Å². The lowest BCUT2D eigenvalue weighted by molar-refractivity contribution is -0.153. The van der Waals surface area contributed by atoms with Crippen LogP contribution >= 0.6 is 0 Å². The van der Waals surface area contributed by atoms with Crippen molar-refractivity contribution in [1.29, 1.82) is 0 Å². The van der Waals surface area contributed by atoms with E-state index in [0.717, 1.165) is 4.90 Å². The van der Waals surface area contributed by atoms with Crippen molar-refractivity contribution in [1.82, 2.24) is 15.5 Å². The van der Waals surface area contributed by atoms with Crippen molar-refractivity contribution in [3.63, 3.8) is 0 Å². The highest BCUT2D eigenvalue weighted by atomic mass is 16.5. The molecule has 9 heteroatoms. The van der Waals surface area contributed by atoms with E-state index in [4.69, 9.17) is 9.47 Å². The minimum Gasteiger partial charge on any atom is -0.494 e. The predicted molar refractivity (Wildman–Crippen MR) is 99.8 cm³/mol. The first-order valence-corrected chi connectivity index (χ1v) is 9.12. The maximum Gasteiger partial charge on any atom is 0.329 e. The van der Waals surface area contributed by atoms with Crippen molar-refractivity contribution in [2.24, 2.45) is 5.92 Å². The third-order valence-corrected chi connectivity index (χ3v) is 4.13. The molecule has 28 heavy (non-hydrogen) atoms. The number of carbonyl (C=O) groups is 4. The van der Waals surface area contributed by atoms with Gasteiger partial charge in [-0.15, -0.1) is 0 Å². The molecule has 1 saturated heterocycles. The maximum atomic E-state index is 12.4. The molecule has 2 rings (SSSR count). The fourth-order valence-electron chi connectivity index (χ4n) is 2.60. The molecular formula is C19H25N3O6. The van der Waals surface area contributed by atoms with E-state index in [-0.39, 0.29) is 12.5 Å². The molecule has 0 bridgehead atoms. The number of hydrogen-bond donors (Lipinski definition) is 2. The zero-order chi connectivity index (χ0) is 20.7. The SMILES string of the molecule is CCOc1ccc(C(=O)N[C@H](C(=O)OCC(=O)N2CCNC2=O)C(C)C)cc1. The van der Waals surface area contributed by atoms with Gasteiger partial charge in [-0.3, -0.25) is 14.5 Å². The van der Waals surface area contributed by atoms with Crippen LogP contribution in [0.4, 0.5) is 4.79 Å². The quantitative estimate of drug-likeness (QED) is 0.638. The third kappa shape index (κ3) is 5.45. The van der Waals surface area contributed by atoms with Gasteiger partial charge in [0.05, 0.1) is 6.61 Å². The average Bonchev–Trinajstić information content (AvgIpc) is 3.10. The number of urea groups is 1. The molecule has 1 atom stereocenters. The van der Waals surface area contributed by atoms with E-state index in [9.17, 15) is 19.2 Å². The predicted octanol–water partition coefficient (Wildman–Crippen LogP) is 0.935. The van der Waals surface area contributed by atoms with Gasteiger partial charge < -0.3 is 20.1 Å². The van der Waals surface area contributed by atoms with Crippen molar-refractivity contribution in [3.8, 4) is 5.75 Å². The van der Waals surface area contributed by atoms with Crippen LogP contribution in [0.5, 0.6) is 5.75 Å². The number of rotatable bonds is 8. The maximum absolute atomic E-state index is 12.4. The highest BCUT2D eigenvalue weighted by Gasteiger charge is 2.30. The molecular weight excluding hydrogens is 366 g/mol. The van der Waals surface area contributed by atoms with Gasteiger partial charge in [-0.1, -0.05) is 13.8 Å². The van der Waals surface area contributed by atoms with E-state index in [1.807, 2.05) is 6.92 Å². The molecule has 2 N–H and O–H groups in total. The van der Waals surface area contributed by atoms with Crippen LogP contribution in [0.15, 0.2) is 24.3 Å². The number of ether oxygens (including phenoxy) is 2. The smallest absolute Gasteiger partial charge is 0.329 e. The first-order valence-electron chi connectivity index (χ1n) is 9.12. The number of esters is 1. The van der Waals surface area contributed by atoms with Gasteiger partial charge in [-0.25, -0.2) is 9.59 Å². The van der Waals surface area contributed by atoms with Gasteiger partial charge in [-0.05, 0) is 37.1 Å². The molecule has 0 spiro atoms. The Kier molecular flexibility index (Phi) is 7.36. The van der Waals surface area contributed by atoms with Gasteiger partial charge >= 0.3 is 12.0 Å². The van der Waals surface area contributed by atoms with Gasteiger partial charge in [0.2, 0.25) is 0 Å². The molecule has 152 valence electrons. The highest BCUT2D eigenvalue weighted by molar-refractivity contribution is 5.98. The average molecular weight is 391 g/mol. The molecule has 0 aliphatic carbocycles. The normalized spacial score (nSPS) is 14.4. The van der Waals surface area contributed by atoms with E-state index < -0.39 is 36.5 Å². The van der Waals surface area contributed by atoms with E-state index in [2.05, 4.69) is 10.6 Å². The molecule has 9 nitrogen and oxygen atoms in total. The third-order valence-electron chi connectivity index (χ3n) is 4.13. The summed E-state index contributed by atoms with van der Waals surface area (Å²) in [5.41, 5.74) is 0.367. The Bertz CT molecular complexity index is 732. The van der Waals surface area contributed by atoms with Gasteiger partial charge in [0.25, 0.3) is 11.8 Å². The van der Waals surface area contributed by atoms with Crippen LogP contribution in [0, 0.1) is 5.92 Å². The lowest BCUT2D eigenvalue weighted by Gasteiger charge is -2.21. The largest absolute Gasteiger partial charge is 0.494 e. The topological polar surface area (TPSA) is 114 Å². The van der Waals surface area contributed by atoms with Gasteiger partial charge in [0.15, 0.2) is 6.61 Å². The molecule has 0 saturated carbocycles. The number of nitrogens with zero attached hydrogens (tertiary/aromatic N) is 1.